The van der Waals surface area contributed by atoms with E-state index >= 15 is 0 Å². The predicted octanol–water partition coefficient (Wildman–Crippen LogP) is 4.61. The summed E-state index contributed by atoms with van der Waals surface area (Å²) in [6.07, 6.45) is 3.51. The summed E-state index contributed by atoms with van der Waals surface area (Å²) in [6.45, 7) is 2.33. The first kappa shape index (κ1) is 21.3. The van der Waals surface area contributed by atoms with Gasteiger partial charge in [-0.15, -0.1) is 12.4 Å². The molecule has 6 heteroatoms. The molecule has 2 heterocycles. The molecule has 2 N–H and O–H groups in total. The molecular formula is C25H26ClN3O2. The van der Waals surface area contributed by atoms with Gasteiger partial charge in [-0.05, 0) is 47.9 Å². The van der Waals surface area contributed by atoms with Crippen LogP contribution in [0.1, 0.15) is 45.5 Å². The quantitative estimate of drug-likeness (QED) is 0.629. The van der Waals surface area contributed by atoms with Crippen molar-refractivity contribution >= 4 is 40.7 Å². The zero-order chi connectivity index (χ0) is 20.5. The lowest BCUT2D eigenvalue weighted by atomic mass is 10.0. The Kier molecular flexibility index (Phi) is 6.25. The van der Waals surface area contributed by atoms with Gasteiger partial charge < -0.3 is 15.5 Å². The van der Waals surface area contributed by atoms with E-state index in [1.165, 1.54) is 12.8 Å². The van der Waals surface area contributed by atoms with Crippen LogP contribution in [0.15, 0.2) is 60.7 Å². The number of nitrogens with zero attached hydrogens (tertiary/aromatic N) is 1. The van der Waals surface area contributed by atoms with E-state index in [0.717, 1.165) is 29.3 Å². The molecule has 1 saturated heterocycles. The number of anilines is 1. The molecule has 2 aliphatic heterocycles. The van der Waals surface area contributed by atoms with Crippen LogP contribution in [0.2, 0.25) is 0 Å². The Hall–Kier alpha value is -2.89. The van der Waals surface area contributed by atoms with Crippen LogP contribution < -0.4 is 10.6 Å². The van der Waals surface area contributed by atoms with Gasteiger partial charge in [-0.1, -0.05) is 55.0 Å². The highest BCUT2D eigenvalue weighted by Crippen LogP contribution is 2.31. The minimum atomic E-state index is -0.194. The maximum absolute atomic E-state index is 13.2. The second-order valence-corrected chi connectivity index (χ2v) is 8.15. The Morgan fingerprint density at radius 3 is 2.68 bits per heavy atom. The molecule has 160 valence electrons. The standard InChI is InChI=1S/C25H25N3O2.ClH/c29-24(21-12-5-8-17-7-1-2-11-20(17)21)27-22-13-6-9-18-15-28(25(30)23(18)22)16-19-10-3-4-14-26-19;/h1-2,5-9,11-13,19,26H,3-4,10,14-16H2,(H,27,29);1H. The molecule has 1 fully saturated rings. The number of carbonyl (C=O) groups is 2. The lowest BCUT2D eigenvalue weighted by molar-refractivity contribution is 0.0756. The first-order valence-corrected chi connectivity index (χ1v) is 10.6. The van der Waals surface area contributed by atoms with Crippen molar-refractivity contribution in [3.8, 4) is 0 Å². The van der Waals surface area contributed by atoms with Gasteiger partial charge in [0, 0.05) is 24.7 Å². The molecule has 3 aromatic carbocycles. The molecular weight excluding hydrogens is 410 g/mol. The van der Waals surface area contributed by atoms with Crippen LogP contribution >= 0.6 is 12.4 Å². The summed E-state index contributed by atoms with van der Waals surface area (Å²) in [6, 6.07) is 19.6. The third kappa shape index (κ3) is 4.16. The van der Waals surface area contributed by atoms with Gasteiger partial charge in [0.05, 0.1) is 11.3 Å². The van der Waals surface area contributed by atoms with Crippen molar-refractivity contribution in [1.29, 1.82) is 0 Å². The number of benzene rings is 3. The van der Waals surface area contributed by atoms with Crippen molar-refractivity contribution < 1.29 is 9.59 Å². The number of halogens is 1. The Bertz CT molecular complexity index is 1120. The van der Waals surface area contributed by atoms with Crippen LogP contribution in [-0.4, -0.2) is 35.8 Å². The third-order valence-corrected chi connectivity index (χ3v) is 6.15. The second-order valence-electron chi connectivity index (χ2n) is 8.15. The average Bonchev–Trinajstić information content (AvgIpc) is 3.10. The highest BCUT2D eigenvalue weighted by atomic mass is 35.5. The third-order valence-electron chi connectivity index (χ3n) is 6.15. The number of fused-ring (bicyclic) bond motifs is 2. The molecule has 0 bridgehead atoms. The molecule has 3 aromatic rings. The van der Waals surface area contributed by atoms with E-state index < -0.39 is 0 Å². The van der Waals surface area contributed by atoms with Gasteiger partial charge in [-0.3, -0.25) is 9.59 Å². The molecule has 2 aliphatic rings. The fourth-order valence-corrected chi connectivity index (χ4v) is 4.63. The molecule has 31 heavy (non-hydrogen) atoms. The summed E-state index contributed by atoms with van der Waals surface area (Å²) in [4.78, 5) is 28.2. The van der Waals surface area contributed by atoms with E-state index in [1.54, 1.807) is 0 Å². The van der Waals surface area contributed by atoms with Crippen LogP contribution in [0.25, 0.3) is 10.8 Å². The van der Waals surface area contributed by atoms with Crippen molar-refractivity contribution in [3.63, 3.8) is 0 Å². The molecule has 5 rings (SSSR count). The molecule has 0 saturated carbocycles. The van der Waals surface area contributed by atoms with Crippen molar-refractivity contribution in [2.24, 2.45) is 0 Å². The zero-order valence-corrected chi connectivity index (χ0v) is 18.1. The van der Waals surface area contributed by atoms with Gasteiger partial charge in [-0.25, -0.2) is 0 Å². The SMILES string of the molecule is Cl.O=C(Nc1cccc2c1C(=O)N(CC1CCCCN1)C2)c1cccc2ccccc12. The summed E-state index contributed by atoms with van der Waals surface area (Å²) < 4.78 is 0. The minimum absolute atomic E-state index is 0. The molecule has 2 amide bonds. The number of piperidine rings is 1. The van der Waals surface area contributed by atoms with Crippen LogP contribution in [-0.2, 0) is 6.54 Å². The lowest BCUT2D eigenvalue weighted by Crippen LogP contribution is -2.43. The Morgan fingerprint density at radius 2 is 1.84 bits per heavy atom. The predicted molar refractivity (Wildman–Crippen MR) is 126 cm³/mol. The highest BCUT2D eigenvalue weighted by Gasteiger charge is 2.32. The number of hydrogen-bond acceptors (Lipinski definition) is 3. The first-order valence-electron chi connectivity index (χ1n) is 10.6. The number of hydrogen-bond donors (Lipinski definition) is 2. The average molecular weight is 436 g/mol. The largest absolute Gasteiger partial charge is 0.333 e. The summed E-state index contributed by atoms with van der Waals surface area (Å²) in [5.74, 6) is -0.188. The number of rotatable bonds is 4. The lowest BCUT2D eigenvalue weighted by Gasteiger charge is -2.28. The van der Waals surface area contributed by atoms with Crippen molar-refractivity contribution in [3.05, 3.63) is 77.4 Å². The first-order chi connectivity index (χ1) is 14.7. The van der Waals surface area contributed by atoms with E-state index in [-0.39, 0.29) is 24.2 Å². The Labute approximate surface area is 188 Å². The van der Waals surface area contributed by atoms with Gasteiger partial charge >= 0.3 is 0 Å². The molecule has 5 nitrogen and oxygen atoms in total. The Balaban J connectivity index is 0.00000231. The molecule has 0 spiro atoms. The van der Waals surface area contributed by atoms with E-state index in [2.05, 4.69) is 10.6 Å². The van der Waals surface area contributed by atoms with Crippen LogP contribution in [0, 0.1) is 0 Å². The highest BCUT2D eigenvalue weighted by molar-refractivity contribution is 6.15. The maximum atomic E-state index is 13.2. The summed E-state index contributed by atoms with van der Waals surface area (Å²) >= 11 is 0. The van der Waals surface area contributed by atoms with E-state index in [1.807, 2.05) is 65.6 Å². The number of nitrogens with one attached hydrogen (secondary N) is 2. The van der Waals surface area contributed by atoms with E-state index in [9.17, 15) is 9.59 Å². The zero-order valence-electron chi connectivity index (χ0n) is 17.3. The summed E-state index contributed by atoms with van der Waals surface area (Å²) in [7, 11) is 0. The van der Waals surface area contributed by atoms with Gasteiger partial charge in [0.25, 0.3) is 11.8 Å². The van der Waals surface area contributed by atoms with E-state index in [4.69, 9.17) is 0 Å². The number of carbonyl (C=O) groups excluding carboxylic acids is 2. The maximum Gasteiger partial charge on any atom is 0.256 e. The fourth-order valence-electron chi connectivity index (χ4n) is 4.63. The van der Waals surface area contributed by atoms with Crippen molar-refractivity contribution in [2.45, 2.75) is 31.8 Å². The van der Waals surface area contributed by atoms with Gasteiger partial charge in [-0.2, -0.15) is 0 Å². The van der Waals surface area contributed by atoms with Crippen LogP contribution in [0.3, 0.4) is 0 Å². The summed E-state index contributed by atoms with van der Waals surface area (Å²) in [5.41, 5.74) is 2.81. The molecule has 0 aliphatic carbocycles. The molecule has 1 atom stereocenters. The minimum Gasteiger partial charge on any atom is -0.333 e. The van der Waals surface area contributed by atoms with E-state index in [0.29, 0.717) is 35.9 Å². The fraction of sp³-hybridized carbons (Fsp3) is 0.280. The Morgan fingerprint density at radius 1 is 1.03 bits per heavy atom. The van der Waals surface area contributed by atoms with Gasteiger partial charge in [0.2, 0.25) is 0 Å². The smallest absolute Gasteiger partial charge is 0.256 e. The number of amides is 2. The normalized spacial score (nSPS) is 17.9. The summed E-state index contributed by atoms with van der Waals surface area (Å²) in [5, 5.41) is 8.44. The molecule has 0 radical (unpaired) electrons. The molecule has 0 aromatic heterocycles. The van der Waals surface area contributed by atoms with Gasteiger partial charge in [0.15, 0.2) is 0 Å². The molecule has 1 unspecified atom stereocenters. The van der Waals surface area contributed by atoms with Gasteiger partial charge in [0.1, 0.15) is 0 Å². The monoisotopic (exact) mass is 435 g/mol. The topological polar surface area (TPSA) is 61.4 Å². The van der Waals surface area contributed by atoms with Crippen molar-refractivity contribution in [2.75, 3.05) is 18.4 Å². The van der Waals surface area contributed by atoms with Crippen LogP contribution in [0.5, 0.6) is 0 Å². The van der Waals surface area contributed by atoms with Crippen molar-refractivity contribution in [1.82, 2.24) is 10.2 Å². The second kappa shape index (κ2) is 9.08. The van der Waals surface area contributed by atoms with Crippen LogP contribution in [0.4, 0.5) is 5.69 Å².